The number of sulfonamides is 1. The summed E-state index contributed by atoms with van der Waals surface area (Å²) in [6, 6.07) is -0.408. The van der Waals surface area contributed by atoms with E-state index in [9.17, 15) is 21.6 Å². The number of rotatable bonds is 8. The summed E-state index contributed by atoms with van der Waals surface area (Å²) < 4.78 is 46.7. The molecule has 9 heteroatoms. The Morgan fingerprint density at radius 3 is 2.00 bits per heavy atom. The molecule has 0 heterocycles. The van der Waals surface area contributed by atoms with Gasteiger partial charge in [0.15, 0.2) is 0 Å². The van der Waals surface area contributed by atoms with Crippen LogP contribution in [0.1, 0.15) is 20.3 Å². The number of hydrogen-bond donors (Lipinski definition) is 1. The van der Waals surface area contributed by atoms with Crippen molar-refractivity contribution in [3.8, 4) is 0 Å². The van der Waals surface area contributed by atoms with E-state index in [1.54, 1.807) is 13.8 Å². The predicted octanol–water partition coefficient (Wildman–Crippen LogP) is -0.454. The van der Waals surface area contributed by atoms with Gasteiger partial charge in [-0.25, -0.2) is 16.8 Å². The second kappa shape index (κ2) is 6.48. The lowest BCUT2D eigenvalue weighted by molar-refractivity contribution is -0.137. The summed E-state index contributed by atoms with van der Waals surface area (Å²) in [6.07, 6.45) is 0.649. The van der Waals surface area contributed by atoms with Crippen LogP contribution < -0.4 is 0 Å². The molecule has 0 aliphatic carbocycles. The van der Waals surface area contributed by atoms with E-state index in [2.05, 4.69) is 0 Å². The van der Waals surface area contributed by atoms with Gasteiger partial charge in [-0.3, -0.25) is 4.79 Å². The zero-order chi connectivity index (χ0) is 14.6. The minimum atomic E-state index is -3.76. The monoisotopic (exact) mass is 301 g/mol. The van der Waals surface area contributed by atoms with Gasteiger partial charge in [0, 0.05) is 18.8 Å². The number of sulfone groups is 1. The van der Waals surface area contributed by atoms with E-state index in [0.29, 0.717) is 0 Å². The fourth-order valence-corrected chi connectivity index (χ4v) is 4.60. The molecule has 0 aromatic rings. The normalized spacial score (nSPS) is 13.2. The van der Waals surface area contributed by atoms with Crippen LogP contribution >= 0.6 is 0 Å². The molecule has 0 aliphatic rings. The minimum Gasteiger partial charge on any atom is -0.481 e. The van der Waals surface area contributed by atoms with E-state index in [0.717, 1.165) is 10.6 Å². The number of aliphatic carboxylic acids is 1. The lowest BCUT2D eigenvalue weighted by Crippen LogP contribution is -2.41. The van der Waals surface area contributed by atoms with E-state index >= 15 is 0 Å². The van der Waals surface area contributed by atoms with Crippen LogP contribution in [0.2, 0.25) is 0 Å². The van der Waals surface area contributed by atoms with Crippen molar-refractivity contribution in [2.75, 3.05) is 24.3 Å². The maximum Gasteiger partial charge on any atom is 0.304 e. The second-order valence-electron chi connectivity index (χ2n) is 4.29. The summed E-state index contributed by atoms with van der Waals surface area (Å²) in [5.74, 6) is -2.09. The highest BCUT2D eigenvalue weighted by molar-refractivity contribution is 7.93. The lowest BCUT2D eigenvalue weighted by atomic mass is 10.3. The minimum absolute atomic E-state index is 0.154. The van der Waals surface area contributed by atoms with Crippen LogP contribution in [-0.4, -0.2) is 62.6 Å². The average Bonchev–Trinajstić information content (AvgIpc) is 2.12. The fourth-order valence-electron chi connectivity index (χ4n) is 1.30. The Kier molecular flexibility index (Phi) is 6.24. The molecule has 0 aromatic carbocycles. The molecule has 0 saturated heterocycles. The first kappa shape index (κ1) is 17.3. The summed E-state index contributed by atoms with van der Waals surface area (Å²) in [5, 5.41) is 8.55. The van der Waals surface area contributed by atoms with Crippen LogP contribution in [0.5, 0.6) is 0 Å². The predicted molar refractivity (Wildman–Crippen MR) is 67.6 cm³/mol. The van der Waals surface area contributed by atoms with Crippen LogP contribution in [0.3, 0.4) is 0 Å². The largest absolute Gasteiger partial charge is 0.481 e. The van der Waals surface area contributed by atoms with Gasteiger partial charge < -0.3 is 5.11 Å². The maximum absolute atomic E-state index is 11.9. The fraction of sp³-hybridized carbons (Fsp3) is 0.889. The van der Waals surface area contributed by atoms with Gasteiger partial charge in [0.1, 0.15) is 9.84 Å². The molecule has 18 heavy (non-hydrogen) atoms. The molecule has 0 fully saturated rings. The van der Waals surface area contributed by atoms with Gasteiger partial charge >= 0.3 is 5.97 Å². The lowest BCUT2D eigenvalue weighted by Gasteiger charge is -2.25. The Labute approximate surface area is 108 Å². The Morgan fingerprint density at radius 2 is 1.67 bits per heavy atom. The third-order valence-electron chi connectivity index (χ3n) is 2.19. The van der Waals surface area contributed by atoms with Gasteiger partial charge in [-0.15, -0.1) is 0 Å². The Hall–Kier alpha value is -0.670. The molecule has 0 unspecified atom stereocenters. The average molecular weight is 301 g/mol. The van der Waals surface area contributed by atoms with E-state index < -0.39 is 43.4 Å². The molecule has 0 radical (unpaired) electrons. The quantitative estimate of drug-likeness (QED) is 0.650. The molecule has 0 spiro atoms. The van der Waals surface area contributed by atoms with Crippen LogP contribution in [0.25, 0.3) is 0 Å². The van der Waals surface area contributed by atoms with E-state index in [-0.39, 0.29) is 13.0 Å². The zero-order valence-corrected chi connectivity index (χ0v) is 12.3. The highest BCUT2D eigenvalue weighted by atomic mass is 32.2. The van der Waals surface area contributed by atoms with E-state index in [4.69, 9.17) is 5.11 Å². The van der Waals surface area contributed by atoms with Crippen molar-refractivity contribution in [3.63, 3.8) is 0 Å². The van der Waals surface area contributed by atoms with Crippen molar-refractivity contribution in [1.82, 2.24) is 4.31 Å². The molecule has 0 atom stereocenters. The zero-order valence-electron chi connectivity index (χ0n) is 10.7. The Balaban J connectivity index is 4.82. The molecular formula is C9H19NO6S2. The molecule has 0 aromatic heterocycles. The first-order valence-corrected chi connectivity index (χ1v) is 9.01. The third-order valence-corrected chi connectivity index (χ3v) is 5.43. The molecule has 0 amide bonds. The van der Waals surface area contributed by atoms with Crippen molar-refractivity contribution < 1.29 is 26.7 Å². The number of nitrogens with zero attached hydrogens (tertiary/aromatic N) is 1. The Morgan fingerprint density at radius 1 is 1.17 bits per heavy atom. The maximum atomic E-state index is 11.9. The summed E-state index contributed by atoms with van der Waals surface area (Å²) in [7, 11) is -7.13. The van der Waals surface area contributed by atoms with Gasteiger partial charge in [-0.1, -0.05) is 0 Å². The van der Waals surface area contributed by atoms with Gasteiger partial charge in [0.25, 0.3) is 0 Å². The van der Waals surface area contributed by atoms with Crippen LogP contribution in [-0.2, 0) is 24.7 Å². The van der Waals surface area contributed by atoms with Gasteiger partial charge in [-0.05, 0) is 13.8 Å². The number of carbonyl (C=O) groups is 1. The third kappa shape index (κ3) is 6.92. The molecule has 108 valence electrons. The standard InChI is InChI=1S/C9H19NO6S2/c1-8(2)10(5-4-9(11)12)18(15,16)7-6-17(3,13)14/h8H,4-7H2,1-3H3,(H,11,12). The number of hydrogen-bond acceptors (Lipinski definition) is 5. The second-order valence-corrected chi connectivity index (χ2v) is 8.59. The summed E-state index contributed by atoms with van der Waals surface area (Å²) in [4.78, 5) is 10.5. The topological polar surface area (TPSA) is 109 Å². The van der Waals surface area contributed by atoms with Crippen molar-refractivity contribution in [1.29, 1.82) is 0 Å². The van der Waals surface area contributed by atoms with Crippen molar-refractivity contribution in [2.45, 2.75) is 26.3 Å². The Bertz CT molecular complexity index is 479. The van der Waals surface area contributed by atoms with E-state index in [1.165, 1.54) is 0 Å². The molecule has 0 bridgehead atoms. The van der Waals surface area contributed by atoms with Gasteiger partial charge in [0.05, 0.1) is 17.9 Å². The molecule has 0 rings (SSSR count). The van der Waals surface area contributed by atoms with E-state index in [1.807, 2.05) is 0 Å². The number of carboxylic acid groups (broad SMARTS) is 1. The molecule has 0 aliphatic heterocycles. The van der Waals surface area contributed by atoms with Gasteiger partial charge in [-0.2, -0.15) is 4.31 Å². The highest BCUT2D eigenvalue weighted by Gasteiger charge is 2.26. The molecule has 7 nitrogen and oxygen atoms in total. The van der Waals surface area contributed by atoms with Crippen molar-refractivity contribution in [2.24, 2.45) is 0 Å². The van der Waals surface area contributed by atoms with Gasteiger partial charge in [0.2, 0.25) is 10.0 Å². The highest BCUT2D eigenvalue weighted by Crippen LogP contribution is 2.09. The van der Waals surface area contributed by atoms with Crippen LogP contribution in [0.4, 0.5) is 0 Å². The first-order chi connectivity index (χ1) is 7.96. The molecule has 0 saturated carbocycles. The summed E-state index contributed by atoms with van der Waals surface area (Å²) in [6.45, 7) is 3.07. The van der Waals surface area contributed by atoms with Crippen LogP contribution in [0, 0.1) is 0 Å². The van der Waals surface area contributed by atoms with Crippen molar-refractivity contribution in [3.05, 3.63) is 0 Å². The summed E-state index contributed by atoms with van der Waals surface area (Å²) >= 11 is 0. The number of carboxylic acids is 1. The SMILES string of the molecule is CC(C)N(CCC(=O)O)S(=O)(=O)CCS(C)(=O)=O. The molecular weight excluding hydrogens is 282 g/mol. The van der Waals surface area contributed by atoms with Crippen molar-refractivity contribution >= 4 is 25.8 Å². The van der Waals surface area contributed by atoms with Crippen LogP contribution in [0.15, 0.2) is 0 Å². The smallest absolute Gasteiger partial charge is 0.304 e. The summed E-state index contributed by atoms with van der Waals surface area (Å²) in [5.41, 5.74) is 0. The molecule has 1 N–H and O–H groups in total. The first-order valence-electron chi connectivity index (χ1n) is 5.35.